The van der Waals surface area contributed by atoms with Crippen LogP contribution >= 0.6 is 23.1 Å². The zero-order valence-corrected chi connectivity index (χ0v) is 9.93. The Morgan fingerprint density at radius 2 is 1.93 bits per heavy atom. The van der Waals surface area contributed by atoms with Crippen LogP contribution in [0.2, 0.25) is 0 Å². The summed E-state index contributed by atoms with van der Waals surface area (Å²) in [6.07, 6.45) is 2.15. The normalized spacial score (nSPS) is 10.9. The fourth-order valence-corrected chi connectivity index (χ4v) is 2.79. The standard InChI is InChI=1S/C13H12S2/c1-2-5-12(6-3-1)8-10-14-11-13-7-4-9-15-13/h1-10H,11H2/b10-8-. The van der Waals surface area contributed by atoms with Gasteiger partial charge < -0.3 is 0 Å². The van der Waals surface area contributed by atoms with Crippen molar-refractivity contribution in [3.63, 3.8) is 0 Å². The van der Waals surface area contributed by atoms with Crippen LogP contribution < -0.4 is 0 Å². The fourth-order valence-electron chi connectivity index (χ4n) is 1.22. The molecule has 0 spiro atoms. The number of thiophene rings is 1. The highest BCUT2D eigenvalue weighted by Crippen LogP contribution is 2.18. The molecule has 1 heterocycles. The average Bonchev–Trinajstić information content (AvgIpc) is 2.79. The van der Waals surface area contributed by atoms with Crippen molar-refractivity contribution in [2.24, 2.45) is 0 Å². The molecular formula is C13H12S2. The SMILES string of the molecule is C(=C/c1ccccc1)/SCc1cccs1. The van der Waals surface area contributed by atoms with Gasteiger partial charge in [-0.05, 0) is 28.5 Å². The minimum atomic E-state index is 1.07. The first kappa shape index (κ1) is 10.5. The Labute approximate surface area is 98.7 Å². The van der Waals surface area contributed by atoms with E-state index >= 15 is 0 Å². The molecule has 2 heteroatoms. The molecule has 0 amide bonds. The van der Waals surface area contributed by atoms with Gasteiger partial charge in [-0.3, -0.25) is 0 Å². The Hall–Kier alpha value is -0.990. The molecule has 0 nitrogen and oxygen atoms in total. The van der Waals surface area contributed by atoms with Gasteiger partial charge in [0.05, 0.1) is 0 Å². The summed E-state index contributed by atoms with van der Waals surface area (Å²) in [5.41, 5.74) is 1.26. The van der Waals surface area contributed by atoms with Crippen molar-refractivity contribution in [3.8, 4) is 0 Å². The molecule has 0 N–H and O–H groups in total. The lowest BCUT2D eigenvalue weighted by Crippen LogP contribution is -1.69. The van der Waals surface area contributed by atoms with Gasteiger partial charge in [0.2, 0.25) is 0 Å². The van der Waals surface area contributed by atoms with Crippen molar-refractivity contribution in [2.45, 2.75) is 5.75 Å². The largest absolute Gasteiger partial charge is 0.148 e. The van der Waals surface area contributed by atoms with Crippen LogP contribution in [0.4, 0.5) is 0 Å². The third kappa shape index (κ3) is 3.57. The van der Waals surface area contributed by atoms with Gasteiger partial charge in [-0.2, -0.15) is 0 Å². The maximum atomic E-state index is 2.17. The third-order valence-electron chi connectivity index (χ3n) is 1.96. The van der Waals surface area contributed by atoms with Gasteiger partial charge in [0.1, 0.15) is 0 Å². The lowest BCUT2D eigenvalue weighted by atomic mass is 10.2. The van der Waals surface area contributed by atoms with E-state index in [2.05, 4.69) is 53.3 Å². The maximum absolute atomic E-state index is 2.17. The Kier molecular flexibility index (Phi) is 4.06. The second-order valence-electron chi connectivity index (χ2n) is 3.10. The molecule has 0 saturated heterocycles. The van der Waals surface area contributed by atoms with Gasteiger partial charge in [0.15, 0.2) is 0 Å². The molecule has 0 bridgehead atoms. The first-order valence-electron chi connectivity index (χ1n) is 4.81. The summed E-state index contributed by atoms with van der Waals surface area (Å²) < 4.78 is 0. The summed E-state index contributed by atoms with van der Waals surface area (Å²) >= 11 is 3.65. The van der Waals surface area contributed by atoms with Crippen LogP contribution in [0.3, 0.4) is 0 Å². The predicted molar refractivity (Wildman–Crippen MR) is 71.1 cm³/mol. The average molecular weight is 232 g/mol. The Bertz CT molecular complexity index is 401. The molecule has 2 rings (SSSR count). The van der Waals surface area contributed by atoms with Gasteiger partial charge in [0, 0.05) is 10.6 Å². The van der Waals surface area contributed by atoms with Crippen LogP contribution in [-0.4, -0.2) is 0 Å². The van der Waals surface area contributed by atoms with E-state index in [9.17, 15) is 0 Å². The van der Waals surface area contributed by atoms with E-state index in [1.54, 1.807) is 0 Å². The zero-order chi connectivity index (χ0) is 10.3. The molecule has 0 radical (unpaired) electrons. The molecule has 0 unspecified atom stereocenters. The molecule has 76 valence electrons. The van der Waals surface area contributed by atoms with E-state index in [0.29, 0.717) is 0 Å². The van der Waals surface area contributed by atoms with Crippen LogP contribution in [0.15, 0.2) is 53.3 Å². The molecule has 2 aromatic rings. The molecule has 0 fully saturated rings. The van der Waals surface area contributed by atoms with E-state index in [-0.39, 0.29) is 0 Å². The van der Waals surface area contributed by atoms with Crippen molar-refractivity contribution in [1.82, 2.24) is 0 Å². The van der Waals surface area contributed by atoms with Gasteiger partial charge in [-0.25, -0.2) is 0 Å². The highest BCUT2D eigenvalue weighted by molar-refractivity contribution is 8.01. The third-order valence-corrected chi connectivity index (χ3v) is 3.83. The highest BCUT2D eigenvalue weighted by Gasteiger charge is 1.90. The maximum Gasteiger partial charge on any atom is 0.0320 e. The Morgan fingerprint density at radius 1 is 1.07 bits per heavy atom. The van der Waals surface area contributed by atoms with Crippen molar-refractivity contribution < 1.29 is 0 Å². The number of hydrogen-bond donors (Lipinski definition) is 0. The van der Waals surface area contributed by atoms with Crippen LogP contribution in [0.25, 0.3) is 6.08 Å². The number of benzene rings is 1. The van der Waals surface area contributed by atoms with E-state index < -0.39 is 0 Å². The lowest BCUT2D eigenvalue weighted by Gasteiger charge is -1.92. The van der Waals surface area contributed by atoms with Gasteiger partial charge in [0.25, 0.3) is 0 Å². The number of rotatable bonds is 4. The fraction of sp³-hybridized carbons (Fsp3) is 0.0769. The molecule has 1 aromatic carbocycles. The second kappa shape index (κ2) is 5.79. The molecular weight excluding hydrogens is 220 g/mol. The first-order chi connectivity index (χ1) is 7.45. The van der Waals surface area contributed by atoms with Gasteiger partial charge in [-0.1, -0.05) is 36.4 Å². The van der Waals surface area contributed by atoms with Crippen LogP contribution in [0.1, 0.15) is 10.4 Å². The summed E-state index contributed by atoms with van der Waals surface area (Å²) in [7, 11) is 0. The molecule has 0 saturated carbocycles. The van der Waals surface area contributed by atoms with Gasteiger partial charge in [-0.15, -0.1) is 23.1 Å². The first-order valence-corrected chi connectivity index (χ1v) is 6.73. The van der Waals surface area contributed by atoms with Crippen molar-refractivity contribution in [2.75, 3.05) is 0 Å². The lowest BCUT2D eigenvalue weighted by molar-refractivity contribution is 1.56. The number of hydrogen-bond acceptors (Lipinski definition) is 2. The zero-order valence-electron chi connectivity index (χ0n) is 8.30. The van der Waals surface area contributed by atoms with Gasteiger partial charge >= 0.3 is 0 Å². The summed E-state index contributed by atoms with van der Waals surface area (Å²) in [6, 6.07) is 14.7. The van der Waals surface area contributed by atoms with Crippen molar-refractivity contribution >= 4 is 29.2 Å². The minimum Gasteiger partial charge on any atom is -0.148 e. The molecule has 15 heavy (non-hydrogen) atoms. The Balaban J connectivity index is 1.81. The smallest absolute Gasteiger partial charge is 0.0320 e. The summed E-state index contributed by atoms with van der Waals surface area (Å²) in [4.78, 5) is 1.43. The predicted octanol–water partition coefficient (Wildman–Crippen LogP) is 4.65. The monoisotopic (exact) mass is 232 g/mol. The molecule has 0 aliphatic carbocycles. The number of thioether (sulfide) groups is 1. The van der Waals surface area contributed by atoms with E-state index in [1.807, 2.05) is 29.2 Å². The molecule has 1 aromatic heterocycles. The minimum absolute atomic E-state index is 1.07. The summed E-state index contributed by atoms with van der Waals surface area (Å²) in [5, 5.41) is 4.28. The second-order valence-corrected chi connectivity index (χ2v) is 5.03. The molecule has 0 aliphatic rings. The van der Waals surface area contributed by atoms with Crippen molar-refractivity contribution in [3.05, 3.63) is 63.7 Å². The van der Waals surface area contributed by atoms with E-state index in [0.717, 1.165) is 5.75 Å². The van der Waals surface area contributed by atoms with Crippen molar-refractivity contribution in [1.29, 1.82) is 0 Å². The topological polar surface area (TPSA) is 0 Å². The summed E-state index contributed by atoms with van der Waals surface area (Å²) in [5.74, 6) is 1.07. The molecule has 0 aliphatic heterocycles. The molecule has 0 atom stereocenters. The highest BCUT2D eigenvalue weighted by atomic mass is 32.2. The quantitative estimate of drug-likeness (QED) is 0.739. The Morgan fingerprint density at radius 3 is 2.67 bits per heavy atom. The van der Waals surface area contributed by atoms with E-state index in [1.165, 1.54) is 10.4 Å². The van der Waals surface area contributed by atoms with Crippen LogP contribution in [0, 0.1) is 0 Å². The summed E-state index contributed by atoms with van der Waals surface area (Å²) in [6.45, 7) is 0. The van der Waals surface area contributed by atoms with Crippen LogP contribution in [0.5, 0.6) is 0 Å². The van der Waals surface area contributed by atoms with E-state index in [4.69, 9.17) is 0 Å². The van der Waals surface area contributed by atoms with Crippen LogP contribution in [-0.2, 0) is 5.75 Å².